The summed E-state index contributed by atoms with van der Waals surface area (Å²) in [7, 11) is 0. The number of aliphatic hydroxyl groups is 2. The van der Waals surface area contributed by atoms with Crippen LogP contribution in [-0.2, 0) is 4.79 Å². The molecule has 0 heterocycles. The van der Waals surface area contributed by atoms with Gasteiger partial charge < -0.3 is 15.5 Å². The zero-order valence-corrected chi connectivity index (χ0v) is 45.0. The Hall–Kier alpha value is -1.39. The van der Waals surface area contributed by atoms with Crippen molar-refractivity contribution >= 4 is 5.91 Å². The first kappa shape index (κ1) is 64.6. The van der Waals surface area contributed by atoms with Crippen LogP contribution in [0.2, 0.25) is 0 Å². The molecule has 0 saturated carbocycles. The molecule has 0 rings (SSSR count). The maximum Gasteiger partial charge on any atom is 0.220 e. The second kappa shape index (κ2) is 57.9. The predicted molar refractivity (Wildman–Crippen MR) is 295 cm³/mol. The Bertz CT molecular complexity index is 1010. The lowest BCUT2D eigenvalue weighted by atomic mass is 10.0. The average Bonchev–Trinajstić information content (AvgIpc) is 3.32. The maximum absolute atomic E-state index is 12.5. The van der Waals surface area contributed by atoms with Crippen molar-refractivity contribution in [2.75, 3.05) is 6.61 Å². The molecular formula is C62H119NO3. The number of allylic oxidation sites excluding steroid dienone is 5. The van der Waals surface area contributed by atoms with Gasteiger partial charge in [0, 0.05) is 6.42 Å². The molecule has 0 bridgehead atoms. The number of carbonyl (C=O) groups is 1. The number of nitrogens with one attached hydrogen (secondary N) is 1. The molecule has 4 nitrogen and oxygen atoms in total. The van der Waals surface area contributed by atoms with E-state index in [1.807, 2.05) is 6.08 Å². The van der Waals surface area contributed by atoms with Crippen LogP contribution in [0.1, 0.15) is 335 Å². The first-order chi connectivity index (χ1) is 32.7. The summed E-state index contributed by atoms with van der Waals surface area (Å²) in [5, 5.41) is 23.2. The Balaban J connectivity index is 3.48. The lowest BCUT2D eigenvalue weighted by Crippen LogP contribution is -2.45. The fourth-order valence-corrected chi connectivity index (χ4v) is 9.49. The second-order valence-electron chi connectivity index (χ2n) is 20.8. The first-order valence-corrected chi connectivity index (χ1v) is 30.2. The van der Waals surface area contributed by atoms with E-state index in [2.05, 4.69) is 43.5 Å². The Kier molecular flexibility index (Phi) is 56.7. The van der Waals surface area contributed by atoms with Crippen molar-refractivity contribution in [1.82, 2.24) is 5.32 Å². The maximum atomic E-state index is 12.5. The molecule has 0 aromatic rings. The molecule has 390 valence electrons. The predicted octanol–water partition coefficient (Wildman–Crippen LogP) is 20.0. The van der Waals surface area contributed by atoms with E-state index in [4.69, 9.17) is 0 Å². The standard InChI is InChI=1S/C62H119NO3/c1-3-5-7-9-11-13-15-17-19-21-23-25-27-29-30-31-32-34-36-38-40-42-44-46-48-50-52-54-56-58-62(66)63-60(59-64)61(65)57-55-53-51-49-47-45-43-41-39-37-35-33-28-26-24-22-20-18-16-14-12-10-8-6-4-2/h21,23,47,49,55,57,60-61,64-65H,3-20,22,24-46,48,50-54,56,58-59H2,1-2H3,(H,63,66)/b23-21-,49-47+,57-55+. The molecule has 0 radical (unpaired) electrons. The van der Waals surface area contributed by atoms with Crippen molar-refractivity contribution in [3.05, 3.63) is 36.5 Å². The molecule has 0 aromatic heterocycles. The molecule has 0 spiro atoms. The van der Waals surface area contributed by atoms with Crippen LogP contribution in [0, 0.1) is 0 Å². The Morgan fingerprint density at radius 1 is 0.348 bits per heavy atom. The van der Waals surface area contributed by atoms with Crippen molar-refractivity contribution in [1.29, 1.82) is 0 Å². The highest BCUT2D eigenvalue weighted by molar-refractivity contribution is 5.76. The van der Waals surface area contributed by atoms with Crippen molar-refractivity contribution in [2.45, 2.75) is 347 Å². The minimum atomic E-state index is -0.862. The molecule has 2 unspecified atom stereocenters. The summed E-state index contributed by atoms with van der Waals surface area (Å²) < 4.78 is 0. The van der Waals surface area contributed by atoms with Crippen molar-refractivity contribution in [2.24, 2.45) is 0 Å². The minimum absolute atomic E-state index is 0.0677. The third-order valence-corrected chi connectivity index (χ3v) is 14.1. The number of carbonyl (C=O) groups excluding carboxylic acids is 1. The fraction of sp³-hybridized carbons (Fsp3) is 0.887. The smallest absolute Gasteiger partial charge is 0.220 e. The van der Waals surface area contributed by atoms with Gasteiger partial charge in [-0.3, -0.25) is 4.79 Å². The molecule has 2 atom stereocenters. The lowest BCUT2D eigenvalue weighted by Gasteiger charge is -2.19. The highest BCUT2D eigenvalue weighted by Gasteiger charge is 2.18. The summed E-state index contributed by atoms with van der Waals surface area (Å²) in [5.74, 6) is -0.0677. The van der Waals surface area contributed by atoms with Gasteiger partial charge in [0.2, 0.25) is 5.91 Å². The Morgan fingerprint density at radius 2 is 0.591 bits per heavy atom. The van der Waals surface area contributed by atoms with Gasteiger partial charge in [0.15, 0.2) is 0 Å². The van der Waals surface area contributed by atoms with Crippen LogP contribution in [-0.4, -0.2) is 34.9 Å². The van der Waals surface area contributed by atoms with Gasteiger partial charge >= 0.3 is 0 Å². The van der Waals surface area contributed by atoms with E-state index in [9.17, 15) is 15.0 Å². The van der Waals surface area contributed by atoms with E-state index in [0.717, 1.165) is 32.1 Å². The second-order valence-corrected chi connectivity index (χ2v) is 20.8. The van der Waals surface area contributed by atoms with E-state index in [0.29, 0.717) is 6.42 Å². The highest BCUT2D eigenvalue weighted by Crippen LogP contribution is 2.18. The SMILES string of the molecule is CCCCCCCCCC/C=C\CCCCCCCCCCCCCCCCCCCC(=O)NC(CO)C(O)/C=C/CC/C=C/CCCCCCCCCCCCCCCCCCCCC. The van der Waals surface area contributed by atoms with Gasteiger partial charge in [-0.05, 0) is 57.8 Å². The highest BCUT2D eigenvalue weighted by atomic mass is 16.3. The first-order valence-electron chi connectivity index (χ1n) is 30.2. The van der Waals surface area contributed by atoms with E-state index in [-0.39, 0.29) is 12.5 Å². The molecule has 0 aliphatic rings. The van der Waals surface area contributed by atoms with Crippen LogP contribution in [0.25, 0.3) is 0 Å². The average molecular weight is 927 g/mol. The van der Waals surface area contributed by atoms with Gasteiger partial charge in [0.25, 0.3) is 0 Å². The third-order valence-electron chi connectivity index (χ3n) is 14.1. The molecular weight excluding hydrogens is 807 g/mol. The summed E-state index contributed by atoms with van der Waals surface area (Å²) in [6, 6.07) is -0.639. The molecule has 0 aliphatic heterocycles. The van der Waals surface area contributed by atoms with Gasteiger partial charge in [0.05, 0.1) is 18.8 Å². The fourth-order valence-electron chi connectivity index (χ4n) is 9.49. The molecule has 0 aromatic carbocycles. The van der Waals surface area contributed by atoms with E-state index < -0.39 is 12.1 Å². The molecule has 0 fully saturated rings. The van der Waals surface area contributed by atoms with Gasteiger partial charge in [-0.2, -0.15) is 0 Å². The Labute approximate surface area is 414 Å². The third kappa shape index (κ3) is 53.6. The number of amides is 1. The molecule has 66 heavy (non-hydrogen) atoms. The number of unbranched alkanes of at least 4 members (excludes halogenated alkanes) is 45. The summed E-state index contributed by atoms with van der Waals surface area (Å²) in [5.41, 5.74) is 0. The van der Waals surface area contributed by atoms with Crippen molar-refractivity contribution < 1.29 is 15.0 Å². The van der Waals surface area contributed by atoms with E-state index in [1.165, 1.54) is 283 Å². The molecule has 1 amide bonds. The van der Waals surface area contributed by atoms with E-state index >= 15 is 0 Å². The molecule has 0 saturated heterocycles. The number of rotatable bonds is 56. The normalized spacial score (nSPS) is 13.0. The van der Waals surface area contributed by atoms with Gasteiger partial charge in [-0.15, -0.1) is 0 Å². The van der Waals surface area contributed by atoms with Crippen LogP contribution in [0.3, 0.4) is 0 Å². The van der Waals surface area contributed by atoms with E-state index in [1.54, 1.807) is 6.08 Å². The van der Waals surface area contributed by atoms with Crippen molar-refractivity contribution in [3.63, 3.8) is 0 Å². The van der Waals surface area contributed by atoms with Crippen LogP contribution in [0.15, 0.2) is 36.5 Å². The van der Waals surface area contributed by atoms with Crippen LogP contribution < -0.4 is 5.32 Å². The minimum Gasteiger partial charge on any atom is -0.394 e. The number of hydrogen-bond donors (Lipinski definition) is 3. The largest absolute Gasteiger partial charge is 0.394 e. The number of hydrogen-bond acceptors (Lipinski definition) is 3. The summed E-state index contributed by atoms with van der Waals surface area (Å²) in [6.45, 7) is 4.34. The van der Waals surface area contributed by atoms with Crippen molar-refractivity contribution in [3.8, 4) is 0 Å². The topological polar surface area (TPSA) is 69.6 Å². The summed E-state index contributed by atoms with van der Waals surface area (Å²) in [4.78, 5) is 12.5. The molecule has 3 N–H and O–H groups in total. The monoisotopic (exact) mass is 926 g/mol. The van der Waals surface area contributed by atoms with Crippen LogP contribution in [0.4, 0.5) is 0 Å². The summed E-state index contributed by atoms with van der Waals surface area (Å²) >= 11 is 0. The van der Waals surface area contributed by atoms with Crippen LogP contribution >= 0.6 is 0 Å². The van der Waals surface area contributed by atoms with Gasteiger partial charge in [-0.25, -0.2) is 0 Å². The number of aliphatic hydroxyl groups excluding tert-OH is 2. The zero-order valence-electron chi connectivity index (χ0n) is 45.0. The Morgan fingerprint density at radius 3 is 0.879 bits per heavy atom. The molecule has 4 heteroatoms. The van der Waals surface area contributed by atoms with Gasteiger partial charge in [0.1, 0.15) is 0 Å². The van der Waals surface area contributed by atoms with Gasteiger partial charge in [-0.1, -0.05) is 307 Å². The lowest BCUT2D eigenvalue weighted by molar-refractivity contribution is -0.123. The quantitative estimate of drug-likeness (QED) is 0.0420. The molecule has 0 aliphatic carbocycles. The summed E-state index contributed by atoms with van der Waals surface area (Å²) in [6.07, 6.45) is 79.0. The zero-order chi connectivity index (χ0) is 47.7. The van der Waals surface area contributed by atoms with Crippen LogP contribution in [0.5, 0.6) is 0 Å².